The fourth-order valence-electron chi connectivity index (χ4n) is 3.58. The summed E-state index contributed by atoms with van der Waals surface area (Å²) in [7, 11) is 0. The minimum Gasteiger partial charge on any atom is -0.494 e. The van der Waals surface area contributed by atoms with Gasteiger partial charge in [0.15, 0.2) is 11.5 Å². The van der Waals surface area contributed by atoms with Crippen LogP contribution in [0.5, 0.6) is 5.75 Å². The van der Waals surface area contributed by atoms with E-state index in [2.05, 4.69) is 15.0 Å². The highest BCUT2D eigenvalue weighted by molar-refractivity contribution is 5.95. The van der Waals surface area contributed by atoms with Gasteiger partial charge in [0.2, 0.25) is 5.95 Å². The first-order chi connectivity index (χ1) is 14.5. The highest BCUT2D eigenvalue weighted by Crippen LogP contribution is 2.28. The number of likely N-dealkylation sites (tertiary alicyclic amines) is 1. The molecule has 0 aliphatic carbocycles. The number of β-amino-alcohol motifs (C(OH)–C–C–N with tert-alkyl or cyclic N) is 1. The molecule has 1 fully saturated rings. The Morgan fingerprint density at radius 1 is 1.27 bits per heavy atom. The summed E-state index contributed by atoms with van der Waals surface area (Å²) in [5.74, 6) is 0.601. The van der Waals surface area contributed by atoms with Crippen molar-refractivity contribution in [2.45, 2.75) is 18.6 Å². The fraction of sp³-hybridized carbons (Fsp3) is 0.368. The highest BCUT2D eigenvalue weighted by atomic mass is 16.5. The number of hydrogen-bond acceptors (Lipinski definition) is 9. The molecule has 30 heavy (non-hydrogen) atoms. The number of carbonyl (C=O) groups is 1. The number of ether oxygens (including phenoxy) is 1. The van der Waals surface area contributed by atoms with Gasteiger partial charge in [-0.05, 0) is 31.2 Å². The molecule has 0 saturated carbocycles. The van der Waals surface area contributed by atoms with Crippen molar-refractivity contribution in [3.05, 3.63) is 36.2 Å². The number of hydrogen-bond donors (Lipinski definition) is 4. The van der Waals surface area contributed by atoms with Crippen molar-refractivity contribution in [1.29, 1.82) is 0 Å². The van der Waals surface area contributed by atoms with E-state index in [1.54, 1.807) is 33.7 Å². The number of carbonyl (C=O) groups excluding carboxylic acids is 1. The van der Waals surface area contributed by atoms with Gasteiger partial charge in [0.05, 0.1) is 25.1 Å². The number of nitrogens with zero attached hydrogens (tertiary/aromatic N) is 5. The lowest BCUT2D eigenvalue weighted by Gasteiger charge is -2.17. The van der Waals surface area contributed by atoms with Gasteiger partial charge >= 0.3 is 0 Å². The second-order valence-corrected chi connectivity index (χ2v) is 7.15. The Bertz CT molecular complexity index is 1070. The average molecular weight is 412 g/mol. The highest BCUT2D eigenvalue weighted by Gasteiger charge is 2.36. The number of nitrogens with two attached hydrogens (primary N) is 3. The second-order valence-electron chi connectivity index (χ2n) is 7.15. The SMILES string of the molecule is NCCCOc1cccc(C(=O)N2C[C@H](O)[C@@H](n3cnc4c(N)nc(N)nc43)C2)c1. The molecule has 3 aromatic rings. The third kappa shape index (κ3) is 3.72. The zero-order valence-electron chi connectivity index (χ0n) is 16.3. The normalized spacial score (nSPS) is 18.8. The van der Waals surface area contributed by atoms with Crippen molar-refractivity contribution in [2.24, 2.45) is 5.73 Å². The van der Waals surface area contributed by atoms with Crippen LogP contribution in [0, 0.1) is 0 Å². The van der Waals surface area contributed by atoms with Crippen LogP contribution >= 0.6 is 0 Å². The maximum Gasteiger partial charge on any atom is 0.254 e. The van der Waals surface area contributed by atoms with Crippen LogP contribution in [0.25, 0.3) is 11.2 Å². The predicted molar refractivity (Wildman–Crippen MR) is 111 cm³/mol. The molecular weight excluding hydrogens is 388 g/mol. The van der Waals surface area contributed by atoms with Crippen molar-refractivity contribution < 1.29 is 14.6 Å². The van der Waals surface area contributed by atoms with Gasteiger partial charge in [-0.1, -0.05) is 6.07 Å². The minimum absolute atomic E-state index is 0.0219. The molecule has 3 heterocycles. The minimum atomic E-state index is -0.798. The Morgan fingerprint density at radius 2 is 2.10 bits per heavy atom. The standard InChI is InChI=1S/C19H24N8O3/c20-5-2-6-30-12-4-1-3-11(7-12)18(29)26-8-13(14(28)9-26)27-10-23-15-16(21)24-19(22)25-17(15)27/h1,3-4,7,10,13-14,28H,2,5-6,8-9,20H2,(H4,21,22,24,25)/t13-,14-/m0/s1. The monoisotopic (exact) mass is 412 g/mol. The van der Waals surface area contributed by atoms with Gasteiger partial charge in [0.25, 0.3) is 5.91 Å². The summed E-state index contributed by atoms with van der Waals surface area (Å²) in [6.07, 6.45) is 1.46. The van der Waals surface area contributed by atoms with Gasteiger partial charge in [-0.2, -0.15) is 9.97 Å². The summed E-state index contributed by atoms with van der Waals surface area (Å²) >= 11 is 0. The molecule has 2 aromatic heterocycles. The van der Waals surface area contributed by atoms with Crippen LogP contribution in [0.1, 0.15) is 22.8 Å². The number of fused-ring (bicyclic) bond motifs is 1. The number of benzene rings is 1. The summed E-state index contributed by atoms with van der Waals surface area (Å²) < 4.78 is 7.31. The van der Waals surface area contributed by atoms with Crippen molar-refractivity contribution in [3.8, 4) is 5.75 Å². The molecule has 1 aliphatic rings. The number of anilines is 2. The molecule has 11 heteroatoms. The van der Waals surface area contributed by atoms with Crippen LogP contribution in [0.3, 0.4) is 0 Å². The van der Waals surface area contributed by atoms with Gasteiger partial charge < -0.3 is 36.5 Å². The molecule has 0 unspecified atom stereocenters. The van der Waals surface area contributed by atoms with E-state index in [4.69, 9.17) is 21.9 Å². The van der Waals surface area contributed by atoms with E-state index in [-0.39, 0.29) is 30.8 Å². The van der Waals surface area contributed by atoms with Gasteiger partial charge in [-0.25, -0.2) is 4.98 Å². The molecule has 0 spiro atoms. The lowest BCUT2D eigenvalue weighted by Crippen LogP contribution is -2.29. The van der Waals surface area contributed by atoms with E-state index in [1.165, 1.54) is 6.33 Å². The molecule has 11 nitrogen and oxygen atoms in total. The van der Waals surface area contributed by atoms with Gasteiger partial charge in [0.1, 0.15) is 11.3 Å². The smallest absolute Gasteiger partial charge is 0.254 e. The first-order valence-corrected chi connectivity index (χ1v) is 9.63. The summed E-state index contributed by atoms with van der Waals surface area (Å²) in [6, 6.07) is 6.54. The van der Waals surface area contributed by atoms with E-state index in [1.807, 2.05) is 0 Å². The van der Waals surface area contributed by atoms with E-state index in [0.29, 0.717) is 35.6 Å². The van der Waals surface area contributed by atoms with Gasteiger partial charge in [-0.3, -0.25) is 4.79 Å². The zero-order valence-corrected chi connectivity index (χ0v) is 16.3. The van der Waals surface area contributed by atoms with Crippen molar-refractivity contribution in [1.82, 2.24) is 24.4 Å². The molecule has 2 atom stereocenters. The van der Waals surface area contributed by atoms with Crippen LogP contribution in [0.15, 0.2) is 30.6 Å². The molecule has 0 bridgehead atoms. The third-order valence-electron chi connectivity index (χ3n) is 5.07. The van der Waals surface area contributed by atoms with Crippen molar-refractivity contribution in [3.63, 3.8) is 0 Å². The van der Waals surface area contributed by atoms with Crippen LogP contribution in [-0.2, 0) is 0 Å². The van der Waals surface area contributed by atoms with E-state index < -0.39 is 12.1 Å². The molecule has 0 radical (unpaired) electrons. The Balaban J connectivity index is 1.53. The molecule has 4 rings (SSSR count). The predicted octanol–water partition coefficient (Wildman–Crippen LogP) is -0.224. The fourth-order valence-corrected chi connectivity index (χ4v) is 3.58. The number of nitrogen functional groups attached to an aromatic ring is 2. The van der Waals surface area contributed by atoms with E-state index in [9.17, 15) is 9.90 Å². The van der Waals surface area contributed by atoms with E-state index >= 15 is 0 Å². The summed E-state index contributed by atoms with van der Waals surface area (Å²) in [4.78, 5) is 26.9. The Hall–Kier alpha value is -3.44. The Morgan fingerprint density at radius 3 is 2.90 bits per heavy atom. The second kappa shape index (κ2) is 8.13. The first kappa shape index (κ1) is 19.9. The Labute approximate surface area is 172 Å². The quantitative estimate of drug-likeness (QED) is 0.399. The topological polar surface area (TPSA) is 171 Å². The van der Waals surface area contributed by atoms with Crippen LogP contribution in [-0.4, -0.2) is 67.8 Å². The average Bonchev–Trinajstić information content (AvgIpc) is 3.31. The van der Waals surface area contributed by atoms with Crippen LogP contribution in [0.2, 0.25) is 0 Å². The Kier molecular flexibility index (Phi) is 5.38. The molecule has 1 aliphatic heterocycles. The van der Waals surface area contributed by atoms with Crippen molar-refractivity contribution >= 4 is 28.8 Å². The summed E-state index contributed by atoms with van der Waals surface area (Å²) in [6.45, 7) is 1.49. The lowest BCUT2D eigenvalue weighted by atomic mass is 10.2. The number of aromatic nitrogens is 4. The summed E-state index contributed by atoms with van der Waals surface area (Å²) in [5, 5.41) is 10.6. The lowest BCUT2D eigenvalue weighted by molar-refractivity contribution is 0.0764. The zero-order chi connectivity index (χ0) is 21.3. The number of rotatable bonds is 6. The third-order valence-corrected chi connectivity index (χ3v) is 5.07. The maximum atomic E-state index is 13.0. The number of aliphatic hydroxyl groups is 1. The van der Waals surface area contributed by atoms with Crippen LogP contribution < -0.4 is 21.9 Å². The molecule has 1 saturated heterocycles. The largest absolute Gasteiger partial charge is 0.494 e. The number of aliphatic hydroxyl groups excluding tert-OH is 1. The number of imidazole rings is 1. The van der Waals surface area contributed by atoms with E-state index in [0.717, 1.165) is 6.42 Å². The van der Waals surface area contributed by atoms with Crippen LogP contribution in [0.4, 0.5) is 11.8 Å². The summed E-state index contributed by atoms with van der Waals surface area (Å²) in [5.41, 5.74) is 18.4. The molecule has 1 aromatic carbocycles. The molecular formula is C19H24N8O3. The van der Waals surface area contributed by atoms with Gasteiger partial charge in [-0.15, -0.1) is 0 Å². The molecule has 1 amide bonds. The number of amides is 1. The maximum absolute atomic E-state index is 13.0. The van der Waals surface area contributed by atoms with Gasteiger partial charge in [0, 0.05) is 18.7 Å². The van der Waals surface area contributed by atoms with Crippen molar-refractivity contribution in [2.75, 3.05) is 37.7 Å². The first-order valence-electron chi connectivity index (χ1n) is 9.63. The molecule has 158 valence electrons. The molecule has 7 N–H and O–H groups in total.